The molecule has 5 aromatic carbocycles. The number of fused-ring (bicyclic) bond motifs is 1. The monoisotopic (exact) mass is 897 g/mol. The van der Waals surface area contributed by atoms with Gasteiger partial charge < -0.3 is 15.4 Å². The molecule has 13 heteroatoms. The summed E-state index contributed by atoms with van der Waals surface area (Å²) in [6, 6.07) is 51.4. The zero-order valence-electron chi connectivity index (χ0n) is 34.0. The Labute approximate surface area is 382 Å². The molecule has 1 fully saturated rings. The van der Waals surface area contributed by atoms with Crippen LogP contribution in [0.5, 0.6) is 0 Å². The molecule has 64 heavy (non-hydrogen) atoms. The number of nitrogens with zero attached hydrogens (tertiary/aromatic N) is 3. The number of carbonyl (C=O) groups excluding carboxylic acids is 4. The normalized spacial score (nSPS) is 16.0. The lowest BCUT2D eigenvalue weighted by atomic mass is 9.77. The summed E-state index contributed by atoms with van der Waals surface area (Å²) in [5.41, 5.74) is 4.07. The minimum Gasteiger partial charge on any atom is -0.448 e. The number of pyridine rings is 1. The summed E-state index contributed by atoms with van der Waals surface area (Å²) >= 11 is 4.01. The van der Waals surface area contributed by atoms with Crippen LogP contribution in [0, 0.1) is 0 Å². The molecule has 0 spiro atoms. The minimum atomic E-state index is -1.07. The topological polar surface area (TPSA) is 131 Å². The Morgan fingerprint density at radius 1 is 0.766 bits per heavy atom. The third-order valence-electron chi connectivity index (χ3n) is 10.9. The highest BCUT2D eigenvalue weighted by molar-refractivity contribution is 8.02. The molecule has 0 bridgehead atoms. The van der Waals surface area contributed by atoms with Crippen LogP contribution in [0.3, 0.4) is 0 Å². The van der Waals surface area contributed by atoms with Gasteiger partial charge in [-0.2, -0.15) is 0 Å². The molecule has 0 aliphatic carbocycles. The van der Waals surface area contributed by atoms with Gasteiger partial charge in [-0.15, -0.1) is 23.1 Å². The van der Waals surface area contributed by atoms with Gasteiger partial charge in [-0.1, -0.05) is 163 Å². The maximum absolute atomic E-state index is 14.4. The molecule has 2 aliphatic rings. The van der Waals surface area contributed by atoms with E-state index in [2.05, 4.69) is 20.6 Å². The quantitative estimate of drug-likeness (QED) is 0.0256. The lowest BCUT2D eigenvalue weighted by Crippen LogP contribution is -2.71. The zero-order chi connectivity index (χ0) is 43.9. The zero-order valence-corrected chi connectivity index (χ0v) is 36.5. The van der Waals surface area contributed by atoms with E-state index in [9.17, 15) is 19.2 Å². The van der Waals surface area contributed by atoms with Crippen LogP contribution in [0.2, 0.25) is 0 Å². The minimum absolute atomic E-state index is 0.0661. The number of aromatic nitrogens is 2. The van der Waals surface area contributed by atoms with Crippen LogP contribution in [-0.4, -0.2) is 55.6 Å². The predicted molar refractivity (Wildman–Crippen MR) is 251 cm³/mol. The number of thioether (sulfide) groups is 2. The van der Waals surface area contributed by atoms with Gasteiger partial charge >= 0.3 is 5.97 Å². The number of ketones is 1. The Hall–Kier alpha value is -7.06. The fourth-order valence-electron chi connectivity index (χ4n) is 7.82. The van der Waals surface area contributed by atoms with Crippen molar-refractivity contribution in [3.05, 3.63) is 238 Å². The average Bonchev–Trinajstić information content (AvgIpc) is 3.83. The van der Waals surface area contributed by atoms with Crippen LogP contribution < -0.4 is 10.6 Å². The number of hydrogen-bond acceptors (Lipinski definition) is 11. The Kier molecular flexibility index (Phi) is 12.6. The van der Waals surface area contributed by atoms with E-state index in [1.54, 1.807) is 18.5 Å². The Bertz CT molecular complexity index is 2690. The first kappa shape index (κ1) is 42.3. The molecule has 316 valence electrons. The van der Waals surface area contributed by atoms with Gasteiger partial charge in [0.25, 0.3) is 17.6 Å². The SMILES string of the molecule is O=C(NC1C(=O)N2C(C(=O)OC(c3ccccc3)c3ccccc3)=C(C=CSc3cccnc3)CS[C@H]12)C(=O)c1csc(NC(c2ccccc2)(c2ccccc2)c2ccccc2)n1. The van der Waals surface area contributed by atoms with Crippen LogP contribution in [0.1, 0.15) is 44.4 Å². The molecule has 1 unspecified atom stereocenters. The maximum atomic E-state index is 14.4. The number of carbonyl (C=O) groups is 4. The number of hydrogen-bond donors (Lipinski definition) is 2. The second kappa shape index (κ2) is 19.1. The predicted octanol–water partition coefficient (Wildman–Crippen LogP) is 9.42. The number of esters is 1. The van der Waals surface area contributed by atoms with Crippen LogP contribution in [0.15, 0.2) is 209 Å². The molecule has 0 radical (unpaired) electrons. The molecule has 2 aromatic heterocycles. The van der Waals surface area contributed by atoms with E-state index in [0.29, 0.717) is 16.5 Å². The van der Waals surface area contributed by atoms with Gasteiger partial charge in [0.05, 0.1) is 0 Å². The largest absolute Gasteiger partial charge is 0.448 e. The fraction of sp³-hybridized carbons (Fsp3) is 0.0980. The number of Topliss-reactive ketones (excluding diaryl/α,β-unsaturated/α-hetero) is 1. The van der Waals surface area contributed by atoms with E-state index in [0.717, 1.165) is 32.7 Å². The van der Waals surface area contributed by atoms with E-state index in [4.69, 9.17) is 4.74 Å². The lowest BCUT2D eigenvalue weighted by molar-refractivity contribution is -0.154. The van der Waals surface area contributed by atoms with Gasteiger partial charge in [-0.25, -0.2) is 9.78 Å². The second-order valence-electron chi connectivity index (χ2n) is 14.8. The van der Waals surface area contributed by atoms with E-state index < -0.39 is 46.6 Å². The molecule has 2 atom stereocenters. The molecule has 2 N–H and O–H groups in total. The maximum Gasteiger partial charge on any atom is 0.356 e. The van der Waals surface area contributed by atoms with Crippen molar-refractivity contribution >= 4 is 63.6 Å². The number of β-lactam (4-membered cyclic amide) rings is 1. The molecular formula is C51H39N5O5S3. The van der Waals surface area contributed by atoms with Gasteiger partial charge in [-0.3, -0.25) is 24.3 Å². The van der Waals surface area contributed by atoms with Gasteiger partial charge in [0.2, 0.25) is 0 Å². The number of benzene rings is 5. The van der Waals surface area contributed by atoms with Crippen molar-refractivity contribution in [3.8, 4) is 0 Å². The van der Waals surface area contributed by atoms with Crippen LogP contribution >= 0.6 is 34.9 Å². The summed E-state index contributed by atoms with van der Waals surface area (Å²) in [5.74, 6) is -2.76. The summed E-state index contributed by atoms with van der Waals surface area (Å²) in [6.45, 7) is 0. The summed E-state index contributed by atoms with van der Waals surface area (Å²) < 4.78 is 6.29. The van der Waals surface area contributed by atoms with Gasteiger partial charge in [-0.05, 0) is 57.0 Å². The molecule has 10 nitrogen and oxygen atoms in total. The summed E-state index contributed by atoms with van der Waals surface area (Å²) in [4.78, 5) is 67.2. The Morgan fingerprint density at radius 3 is 1.88 bits per heavy atom. The number of allylic oxidation sites excluding steroid dienone is 1. The highest BCUT2D eigenvalue weighted by Gasteiger charge is 2.55. The number of rotatable bonds is 15. The number of anilines is 1. The van der Waals surface area contributed by atoms with E-state index >= 15 is 0 Å². The number of ether oxygens (including phenoxy) is 1. The highest BCUT2D eigenvalue weighted by Crippen LogP contribution is 2.43. The molecule has 2 amide bonds. The molecule has 0 saturated carbocycles. The third kappa shape index (κ3) is 8.65. The van der Waals surface area contributed by atoms with Crippen LogP contribution in [-0.2, 0) is 24.7 Å². The molecule has 9 rings (SSSR count). The lowest BCUT2D eigenvalue weighted by Gasteiger charge is -2.49. The summed E-state index contributed by atoms with van der Waals surface area (Å²) in [5, 5.41) is 9.44. The van der Waals surface area contributed by atoms with Gasteiger partial charge in [0.15, 0.2) is 11.2 Å². The van der Waals surface area contributed by atoms with Crippen LogP contribution in [0.4, 0.5) is 5.13 Å². The fourth-order valence-corrected chi connectivity index (χ4v) is 10.6. The van der Waals surface area contributed by atoms with Crippen molar-refractivity contribution in [1.82, 2.24) is 20.2 Å². The van der Waals surface area contributed by atoms with Gasteiger partial charge in [0.1, 0.15) is 28.3 Å². The van der Waals surface area contributed by atoms with Gasteiger partial charge in [0, 0.05) is 28.4 Å². The molecule has 7 aromatic rings. The van der Waals surface area contributed by atoms with E-state index in [-0.39, 0.29) is 11.4 Å². The van der Waals surface area contributed by atoms with Crippen molar-refractivity contribution in [1.29, 1.82) is 0 Å². The second-order valence-corrected chi connectivity index (χ2v) is 17.7. The Balaban J connectivity index is 0.959. The molecule has 2 aliphatic heterocycles. The summed E-state index contributed by atoms with van der Waals surface area (Å²) in [7, 11) is 0. The van der Waals surface area contributed by atoms with Crippen molar-refractivity contribution in [2.24, 2.45) is 0 Å². The first-order valence-electron chi connectivity index (χ1n) is 20.4. The number of thiazole rings is 1. The average molecular weight is 898 g/mol. The first-order valence-corrected chi connectivity index (χ1v) is 23.2. The number of nitrogens with one attached hydrogen (secondary N) is 2. The van der Waals surface area contributed by atoms with Crippen molar-refractivity contribution in [2.75, 3.05) is 11.1 Å². The Morgan fingerprint density at radius 2 is 1.33 bits per heavy atom. The van der Waals surface area contributed by atoms with E-state index in [1.165, 1.54) is 45.1 Å². The molecular weight excluding hydrogens is 859 g/mol. The first-order chi connectivity index (χ1) is 31.4. The van der Waals surface area contributed by atoms with E-state index in [1.807, 2.05) is 169 Å². The van der Waals surface area contributed by atoms with Crippen LogP contribution in [0.25, 0.3) is 0 Å². The third-order valence-corrected chi connectivity index (χ3v) is 13.7. The molecule has 1 saturated heterocycles. The van der Waals surface area contributed by atoms with Crippen molar-refractivity contribution in [2.45, 2.75) is 28.0 Å². The smallest absolute Gasteiger partial charge is 0.356 e. The van der Waals surface area contributed by atoms with Crippen molar-refractivity contribution < 1.29 is 23.9 Å². The highest BCUT2D eigenvalue weighted by atomic mass is 32.2. The summed E-state index contributed by atoms with van der Waals surface area (Å²) in [6.07, 6.45) is 4.47. The number of amides is 2. The standard InChI is InChI=1S/C51H39N5O5S3/c57-44(41-33-64-50(53-41)55-51(37-21-10-3-11-22-37,38-23-12-4-13-24-38)39-25-14-5-15-26-39)46(58)54-42-47(59)56-43(36(32-63-48(42)56)28-30-62-40-27-16-29-52-31-40)49(60)61-45(34-17-6-1-7-18-34)35-19-8-2-9-20-35/h1-31,33,42,45,48H,32H2,(H,53,55)(H,54,58)/t42?,48-/m1/s1. The van der Waals surface area contributed by atoms with Crippen molar-refractivity contribution in [3.63, 3.8) is 0 Å². The molecule has 4 heterocycles.